The predicted molar refractivity (Wildman–Crippen MR) is 140 cm³/mol. The number of hydrogen-bond donors (Lipinski definition) is 0. The number of pyridine rings is 1. The van der Waals surface area contributed by atoms with Crippen LogP contribution in [-0.2, 0) is 11.2 Å². The summed E-state index contributed by atoms with van der Waals surface area (Å²) >= 11 is 9.73. The van der Waals surface area contributed by atoms with Crippen LogP contribution in [-0.4, -0.2) is 42.3 Å². The topological polar surface area (TPSA) is 52.0 Å². The Labute approximate surface area is 212 Å². The van der Waals surface area contributed by atoms with Crippen LogP contribution in [0.3, 0.4) is 0 Å². The Morgan fingerprint density at radius 1 is 1.09 bits per heavy atom. The zero-order valence-corrected chi connectivity index (χ0v) is 21.0. The highest BCUT2D eigenvalue weighted by Crippen LogP contribution is 2.49. The molecule has 1 fully saturated rings. The van der Waals surface area contributed by atoms with Crippen LogP contribution < -0.4 is 14.8 Å². The summed E-state index contributed by atoms with van der Waals surface area (Å²) in [6, 6.07) is 19.6. The number of halogens is 2. The van der Waals surface area contributed by atoms with Gasteiger partial charge >= 0.3 is 0 Å². The first kappa shape index (κ1) is 21.6. The van der Waals surface area contributed by atoms with E-state index in [-0.39, 0.29) is 11.9 Å². The van der Waals surface area contributed by atoms with E-state index < -0.39 is 5.41 Å². The molecule has 0 bridgehead atoms. The number of carbonyl (C=O) groups is 1. The van der Waals surface area contributed by atoms with Crippen LogP contribution in [0.25, 0.3) is 0 Å². The van der Waals surface area contributed by atoms with E-state index in [4.69, 9.17) is 16.7 Å². The second kappa shape index (κ2) is 8.10. The van der Waals surface area contributed by atoms with Crippen molar-refractivity contribution in [3.05, 3.63) is 81.9 Å². The minimum absolute atomic E-state index is 0.0100. The van der Waals surface area contributed by atoms with Gasteiger partial charge in [0.05, 0.1) is 17.4 Å². The molecule has 2 aromatic carbocycles. The third kappa shape index (κ3) is 3.25. The largest absolute Gasteiger partial charge is 0.363 e. The Balaban J connectivity index is 1.46. The number of anilines is 3. The molecule has 1 spiro atoms. The number of carbonyl (C=O) groups excluding carboxylic acids is 1. The molecule has 0 unspecified atom stereocenters. The van der Waals surface area contributed by atoms with Crippen LogP contribution in [0.2, 0.25) is 5.02 Å². The minimum atomic E-state index is -0.763. The lowest BCUT2D eigenvalue weighted by atomic mass is 9.67. The van der Waals surface area contributed by atoms with Gasteiger partial charge in [-0.3, -0.25) is 4.79 Å². The zero-order chi connectivity index (χ0) is 23.4. The number of piperazine rings is 1. The van der Waals surface area contributed by atoms with Crippen LogP contribution in [0.4, 0.5) is 17.2 Å². The molecule has 1 aromatic heterocycles. The highest BCUT2D eigenvalue weighted by Gasteiger charge is 2.60. The molecule has 3 aromatic rings. The third-order valence-electron chi connectivity index (χ3n) is 7.28. The first-order valence-corrected chi connectivity index (χ1v) is 12.5. The fourth-order valence-corrected chi connectivity index (χ4v) is 6.14. The molecule has 2 atom stereocenters. The molecule has 4 heterocycles. The Kier molecular flexibility index (Phi) is 5.15. The summed E-state index contributed by atoms with van der Waals surface area (Å²) in [5, 5.41) is 7.01. The molecule has 0 saturated carbocycles. The first-order chi connectivity index (χ1) is 16.5. The number of hydrazone groups is 1. The van der Waals surface area contributed by atoms with E-state index in [0.29, 0.717) is 18.0 Å². The monoisotopic (exact) mass is 535 g/mol. The summed E-state index contributed by atoms with van der Waals surface area (Å²) in [6.07, 6.45) is 2.43. The molecule has 34 heavy (non-hydrogen) atoms. The summed E-state index contributed by atoms with van der Waals surface area (Å²) in [4.78, 5) is 23.6. The van der Waals surface area contributed by atoms with Crippen LogP contribution in [0.1, 0.15) is 12.5 Å². The number of fused-ring (bicyclic) bond motifs is 4. The van der Waals surface area contributed by atoms with E-state index in [1.807, 2.05) is 43.5 Å². The summed E-state index contributed by atoms with van der Waals surface area (Å²) in [5.74, 6) is 0.948. The van der Waals surface area contributed by atoms with Gasteiger partial charge in [0.2, 0.25) is 0 Å². The predicted octanol–water partition coefficient (Wildman–Crippen LogP) is 5.16. The number of amides is 1. The standard InChI is InChI=1S/C26H23BrClN5O/c1-17-26(25(34)33(30-17)21-8-6-20(28)7-9-21)15-18-14-19(27)5-10-22(18)32-13-12-31(16-23(26)32)24-4-2-3-11-29-24/h2-11,14,23H,12-13,15-16H2,1H3/t23-,26-/m0/s1. The quantitative estimate of drug-likeness (QED) is 0.454. The number of benzene rings is 2. The van der Waals surface area contributed by atoms with Gasteiger partial charge in [0, 0.05) is 41.0 Å². The maximum absolute atomic E-state index is 14.3. The van der Waals surface area contributed by atoms with Gasteiger partial charge in [-0.1, -0.05) is 33.6 Å². The van der Waals surface area contributed by atoms with E-state index in [1.54, 1.807) is 17.1 Å². The Morgan fingerprint density at radius 2 is 1.91 bits per heavy atom. The summed E-state index contributed by atoms with van der Waals surface area (Å²) in [7, 11) is 0. The minimum Gasteiger partial charge on any atom is -0.363 e. The van der Waals surface area contributed by atoms with E-state index in [2.05, 4.69) is 48.9 Å². The van der Waals surface area contributed by atoms with Gasteiger partial charge in [0.25, 0.3) is 5.91 Å². The molecule has 3 aliphatic heterocycles. The maximum atomic E-state index is 14.3. The van der Waals surface area contributed by atoms with Gasteiger partial charge in [-0.15, -0.1) is 0 Å². The zero-order valence-electron chi connectivity index (χ0n) is 18.7. The van der Waals surface area contributed by atoms with Crippen molar-refractivity contribution in [2.75, 3.05) is 34.4 Å². The third-order valence-corrected chi connectivity index (χ3v) is 8.03. The molecule has 1 saturated heterocycles. The van der Waals surface area contributed by atoms with Crippen molar-refractivity contribution in [3.63, 3.8) is 0 Å². The van der Waals surface area contributed by atoms with Crippen LogP contribution in [0.5, 0.6) is 0 Å². The Morgan fingerprint density at radius 3 is 2.68 bits per heavy atom. The Bertz CT molecular complexity index is 1300. The van der Waals surface area contributed by atoms with Gasteiger partial charge in [-0.05, 0) is 73.5 Å². The van der Waals surface area contributed by atoms with Gasteiger partial charge in [0.1, 0.15) is 11.2 Å². The van der Waals surface area contributed by atoms with Crippen molar-refractivity contribution in [2.24, 2.45) is 10.5 Å². The molecule has 0 N–H and O–H groups in total. The highest BCUT2D eigenvalue weighted by molar-refractivity contribution is 9.10. The molecule has 1 amide bonds. The average molecular weight is 537 g/mol. The molecule has 8 heteroatoms. The van der Waals surface area contributed by atoms with Crippen LogP contribution >= 0.6 is 27.5 Å². The number of aromatic nitrogens is 1. The maximum Gasteiger partial charge on any atom is 0.261 e. The van der Waals surface area contributed by atoms with Crippen molar-refractivity contribution in [1.82, 2.24) is 4.98 Å². The van der Waals surface area contributed by atoms with Crippen molar-refractivity contribution >= 4 is 56.3 Å². The van der Waals surface area contributed by atoms with E-state index >= 15 is 0 Å². The smallest absolute Gasteiger partial charge is 0.261 e. The van der Waals surface area contributed by atoms with E-state index in [1.165, 1.54) is 5.69 Å². The molecule has 6 nitrogen and oxygen atoms in total. The van der Waals surface area contributed by atoms with Gasteiger partial charge in [-0.25, -0.2) is 4.98 Å². The van der Waals surface area contributed by atoms with Crippen LogP contribution in [0.15, 0.2) is 76.4 Å². The molecule has 3 aliphatic rings. The first-order valence-electron chi connectivity index (χ1n) is 11.3. The lowest BCUT2D eigenvalue weighted by Crippen LogP contribution is -2.67. The highest BCUT2D eigenvalue weighted by atomic mass is 79.9. The lowest BCUT2D eigenvalue weighted by molar-refractivity contribution is -0.125. The molecular formula is C26H23BrClN5O. The van der Waals surface area contributed by atoms with Crippen molar-refractivity contribution in [1.29, 1.82) is 0 Å². The summed E-state index contributed by atoms with van der Waals surface area (Å²) in [6.45, 7) is 4.33. The SMILES string of the molecule is CC1=NN(c2ccc(Cl)cc2)C(=O)[C@@]12Cc1cc(Br)ccc1N1CCN(c3ccccn3)C[C@H]12. The second-order valence-electron chi connectivity index (χ2n) is 9.04. The van der Waals surface area contributed by atoms with E-state index in [9.17, 15) is 4.79 Å². The van der Waals surface area contributed by atoms with Gasteiger partial charge in [0.15, 0.2) is 0 Å². The number of hydrogen-bond acceptors (Lipinski definition) is 5. The molecule has 0 radical (unpaired) electrons. The van der Waals surface area contributed by atoms with Gasteiger partial charge in [-0.2, -0.15) is 10.1 Å². The number of rotatable bonds is 2. The fourth-order valence-electron chi connectivity index (χ4n) is 5.61. The summed E-state index contributed by atoms with van der Waals surface area (Å²) in [5.41, 5.74) is 3.18. The van der Waals surface area contributed by atoms with Gasteiger partial charge < -0.3 is 9.80 Å². The Hall–Kier alpha value is -2.90. The van der Waals surface area contributed by atoms with E-state index in [0.717, 1.165) is 40.3 Å². The van der Waals surface area contributed by atoms with Crippen molar-refractivity contribution in [2.45, 2.75) is 19.4 Å². The molecular weight excluding hydrogens is 514 g/mol. The van der Waals surface area contributed by atoms with Crippen molar-refractivity contribution < 1.29 is 4.79 Å². The average Bonchev–Trinajstić information content (AvgIpc) is 3.10. The summed E-state index contributed by atoms with van der Waals surface area (Å²) < 4.78 is 1.02. The molecule has 172 valence electrons. The second-order valence-corrected chi connectivity index (χ2v) is 10.4. The fraction of sp³-hybridized carbons (Fsp3) is 0.269. The number of nitrogens with zero attached hydrogens (tertiary/aromatic N) is 5. The molecule has 6 rings (SSSR count). The normalized spacial score (nSPS) is 23.7. The van der Waals surface area contributed by atoms with Crippen molar-refractivity contribution in [3.8, 4) is 0 Å². The molecule has 0 aliphatic carbocycles. The lowest BCUT2D eigenvalue weighted by Gasteiger charge is -2.53. The van der Waals surface area contributed by atoms with Crippen LogP contribution in [0, 0.1) is 5.41 Å².